The van der Waals surface area contributed by atoms with Gasteiger partial charge in [0.1, 0.15) is 0 Å². The van der Waals surface area contributed by atoms with E-state index in [1.54, 1.807) is 57.2 Å². The van der Waals surface area contributed by atoms with Crippen molar-refractivity contribution in [3.63, 3.8) is 0 Å². The highest BCUT2D eigenvalue weighted by molar-refractivity contribution is 7.89. The van der Waals surface area contributed by atoms with Gasteiger partial charge < -0.3 is 5.32 Å². The van der Waals surface area contributed by atoms with Gasteiger partial charge in [-0.05, 0) is 36.8 Å². The van der Waals surface area contributed by atoms with Gasteiger partial charge in [-0.1, -0.05) is 43.6 Å². The van der Waals surface area contributed by atoms with Gasteiger partial charge in [-0.25, -0.2) is 8.42 Å². The molecule has 0 radical (unpaired) electrons. The summed E-state index contributed by atoms with van der Waals surface area (Å²) in [4.78, 5) is 12.6. The molecule has 0 aliphatic heterocycles. The molecule has 2 aromatic carbocycles. The smallest absolute Gasteiger partial charge is 0.255 e. The Kier molecular flexibility index (Phi) is 6.21. The van der Waals surface area contributed by atoms with Gasteiger partial charge in [-0.15, -0.1) is 0 Å². The molecule has 1 N–H and O–H groups in total. The number of aryl methyl sites for hydroxylation is 1. The third-order valence-corrected chi connectivity index (χ3v) is 6.42. The van der Waals surface area contributed by atoms with Gasteiger partial charge in [0.15, 0.2) is 0 Å². The van der Waals surface area contributed by atoms with Crippen LogP contribution in [0.15, 0.2) is 47.4 Å². The first kappa shape index (κ1) is 19.4. The number of amides is 1. The van der Waals surface area contributed by atoms with Gasteiger partial charge in [-0.3, -0.25) is 4.79 Å². The Morgan fingerprint density at radius 3 is 2.36 bits per heavy atom. The number of carbonyl (C=O) groups excluding carboxylic acids is 1. The number of halogens is 1. The van der Waals surface area contributed by atoms with E-state index in [9.17, 15) is 13.2 Å². The normalized spacial score (nSPS) is 11.6. The molecule has 0 aliphatic carbocycles. The lowest BCUT2D eigenvalue weighted by Gasteiger charge is -2.20. The molecule has 0 heterocycles. The fraction of sp³-hybridized carbons (Fsp3) is 0.278. The molecule has 1 amide bonds. The van der Waals surface area contributed by atoms with Crippen LogP contribution in [0.2, 0.25) is 5.02 Å². The van der Waals surface area contributed by atoms with Crippen LogP contribution >= 0.6 is 11.6 Å². The number of sulfonamides is 1. The molecule has 0 unspecified atom stereocenters. The summed E-state index contributed by atoms with van der Waals surface area (Å²) in [6.45, 7) is 6.02. The predicted molar refractivity (Wildman–Crippen MR) is 101 cm³/mol. The number of hydrogen-bond acceptors (Lipinski definition) is 3. The van der Waals surface area contributed by atoms with E-state index < -0.39 is 15.9 Å². The van der Waals surface area contributed by atoms with Crippen LogP contribution in [-0.4, -0.2) is 31.7 Å². The summed E-state index contributed by atoms with van der Waals surface area (Å²) >= 11 is 6.05. The monoisotopic (exact) mass is 380 g/mol. The van der Waals surface area contributed by atoms with Crippen molar-refractivity contribution in [1.82, 2.24) is 4.31 Å². The Labute approximate surface area is 153 Å². The van der Waals surface area contributed by atoms with Crippen LogP contribution in [0.5, 0.6) is 0 Å². The lowest BCUT2D eigenvalue weighted by Crippen LogP contribution is -2.31. The van der Waals surface area contributed by atoms with Crippen molar-refractivity contribution in [2.45, 2.75) is 25.7 Å². The second-order valence-corrected chi connectivity index (χ2v) is 7.82. The SMILES string of the molecule is CCN(CC)S(=O)(=O)c1cc(C(=O)Nc2ccccc2Cl)ccc1C. The molecule has 0 aromatic heterocycles. The first-order chi connectivity index (χ1) is 11.8. The Balaban J connectivity index is 2.39. The van der Waals surface area contributed by atoms with Gasteiger partial charge >= 0.3 is 0 Å². The standard InChI is InChI=1S/C18H21ClN2O3S/c1-4-21(5-2)25(23,24)17-12-14(11-10-13(17)3)18(22)20-16-9-7-6-8-15(16)19/h6-12H,4-5H2,1-3H3,(H,20,22). The van der Waals surface area contributed by atoms with E-state index in [-0.39, 0.29) is 10.5 Å². The lowest BCUT2D eigenvalue weighted by atomic mass is 10.1. The quantitative estimate of drug-likeness (QED) is 0.825. The van der Waals surface area contributed by atoms with Crippen molar-refractivity contribution in [1.29, 1.82) is 0 Å². The van der Waals surface area contributed by atoms with Crippen LogP contribution < -0.4 is 5.32 Å². The maximum atomic E-state index is 12.8. The summed E-state index contributed by atoms with van der Waals surface area (Å²) in [5.74, 6) is -0.413. The van der Waals surface area contributed by atoms with Gasteiger partial charge in [0.2, 0.25) is 10.0 Å². The molecule has 134 valence electrons. The molecule has 2 aromatic rings. The summed E-state index contributed by atoms with van der Waals surface area (Å²) in [5, 5.41) is 3.12. The van der Waals surface area contributed by atoms with E-state index >= 15 is 0 Å². The molecule has 7 heteroatoms. The fourth-order valence-electron chi connectivity index (χ4n) is 2.48. The molecule has 25 heavy (non-hydrogen) atoms. The molecular weight excluding hydrogens is 360 g/mol. The topological polar surface area (TPSA) is 66.5 Å². The number of benzene rings is 2. The van der Waals surface area contributed by atoms with Crippen molar-refractivity contribution in [2.75, 3.05) is 18.4 Å². The van der Waals surface area contributed by atoms with Crippen molar-refractivity contribution in [3.05, 3.63) is 58.6 Å². The summed E-state index contributed by atoms with van der Waals surface area (Å²) < 4.78 is 26.9. The van der Waals surface area contributed by atoms with Crippen molar-refractivity contribution in [3.8, 4) is 0 Å². The molecule has 5 nitrogen and oxygen atoms in total. The summed E-state index contributed by atoms with van der Waals surface area (Å²) in [6.07, 6.45) is 0. The average molecular weight is 381 g/mol. The van der Waals surface area contributed by atoms with E-state index in [4.69, 9.17) is 11.6 Å². The molecule has 0 saturated carbocycles. The van der Waals surface area contributed by atoms with Crippen LogP contribution in [0.1, 0.15) is 29.8 Å². The number of nitrogens with zero attached hydrogens (tertiary/aromatic N) is 1. The van der Waals surface area contributed by atoms with E-state index in [1.165, 1.54) is 10.4 Å². The Morgan fingerprint density at radius 1 is 1.12 bits per heavy atom. The molecule has 0 spiro atoms. The fourth-order valence-corrected chi connectivity index (χ4v) is 4.37. The number of hydrogen-bond donors (Lipinski definition) is 1. The minimum Gasteiger partial charge on any atom is -0.321 e. The molecule has 0 aliphatic rings. The van der Waals surface area contributed by atoms with E-state index in [1.807, 2.05) is 0 Å². The largest absolute Gasteiger partial charge is 0.321 e. The molecule has 0 bridgehead atoms. The molecule has 0 fully saturated rings. The summed E-state index contributed by atoms with van der Waals surface area (Å²) in [5.41, 5.74) is 1.33. The van der Waals surface area contributed by atoms with E-state index in [0.717, 1.165) is 0 Å². The summed E-state index contributed by atoms with van der Waals surface area (Å²) in [6, 6.07) is 11.5. The number of anilines is 1. The van der Waals surface area contributed by atoms with Crippen LogP contribution in [0.25, 0.3) is 0 Å². The zero-order valence-electron chi connectivity index (χ0n) is 14.4. The highest BCUT2D eigenvalue weighted by atomic mass is 35.5. The third-order valence-electron chi connectivity index (χ3n) is 3.90. The van der Waals surface area contributed by atoms with Gasteiger partial charge in [0.05, 0.1) is 15.6 Å². The van der Waals surface area contributed by atoms with E-state index in [2.05, 4.69) is 5.32 Å². The third kappa shape index (κ3) is 4.21. The van der Waals surface area contributed by atoms with Crippen LogP contribution in [0.3, 0.4) is 0 Å². The molecule has 0 saturated heterocycles. The molecule has 2 rings (SSSR count). The second-order valence-electron chi connectivity index (χ2n) is 5.50. The number of carbonyl (C=O) groups is 1. The van der Waals surface area contributed by atoms with Gasteiger partial charge in [0.25, 0.3) is 5.91 Å². The second kappa shape index (κ2) is 7.99. The lowest BCUT2D eigenvalue weighted by molar-refractivity contribution is 0.102. The van der Waals surface area contributed by atoms with Gasteiger partial charge in [0, 0.05) is 18.7 Å². The Hall–Kier alpha value is -1.89. The van der Waals surface area contributed by atoms with Crippen LogP contribution in [0, 0.1) is 6.92 Å². The minimum absolute atomic E-state index is 0.142. The highest BCUT2D eigenvalue weighted by Gasteiger charge is 2.24. The maximum Gasteiger partial charge on any atom is 0.255 e. The summed E-state index contributed by atoms with van der Waals surface area (Å²) in [7, 11) is -3.64. The van der Waals surface area contributed by atoms with Crippen molar-refractivity contribution < 1.29 is 13.2 Å². The zero-order chi connectivity index (χ0) is 18.6. The first-order valence-corrected chi connectivity index (χ1v) is 9.79. The van der Waals surface area contributed by atoms with Gasteiger partial charge in [-0.2, -0.15) is 4.31 Å². The zero-order valence-corrected chi connectivity index (χ0v) is 16.0. The van der Waals surface area contributed by atoms with Crippen molar-refractivity contribution >= 4 is 33.2 Å². The van der Waals surface area contributed by atoms with Crippen LogP contribution in [0.4, 0.5) is 5.69 Å². The van der Waals surface area contributed by atoms with Crippen molar-refractivity contribution in [2.24, 2.45) is 0 Å². The molecule has 0 atom stereocenters. The average Bonchev–Trinajstić information content (AvgIpc) is 2.58. The highest BCUT2D eigenvalue weighted by Crippen LogP contribution is 2.24. The Morgan fingerprint density at radius 2 is 1.76 bits per heavy atom. The number of rotatable bonds is 6. The molecular formula is C18H21ClN2O3S. The van der Waals surface area contributed by atoms with E-state index in [0.29, 0.717) is 29.4 Å². The number of para-hydroxylation sites is 1. The van der Waals surface area contributed by atoms with Crippen LogP contribution in [-0.2, 0) is 10.0 Å². The maximum absolute atomic E-state index is 12.8. The first-order valence-electron chi connectivity index (χ1n) is 7.98. The number of nitrogens with one attached hydrogen (secondary N) is 1. The Bertz CT molecular complexity index is 878. The predicted octanol–water partition coefficient (Wildman–Crippen LogP) is 3.93. The minimum atomic E-state index is -3.64.